The largest absolute Gasteiger partial charge is 0.744 e. The van der Waals surface area contributed by atoms with Crippen molar-refractivity contribution in [1.29, 1.82) is 0 Å². The highest BCUT2D eigenvalue weighted by Crippen LogP contribution is 2.22. The zero-order chi connectivity index (χ0) is 15.0. The van der Waals surface area contributed by atoms with Crippen LogP contribution in [0, 0.1) is 0 Å². The van der Waals surface area contributed by atoms with E-state index in [2.05, 4.69) is 0 Å². The van der Waals surface area contributed by atoms with Gasteiger partial charge in [0, 0.05) is 0 Å². The van der Waals surface area contributed by atoms with Gasteiger partial charge in [0.1, 0.15) is 10.1 Å². The van der Waals surface area contributed by atoms with Crippen molar-refractivity contribution in [1.82, 2.24) is 0 Å². The Bertz CT molecular complexity index is 745. The van der Waals surface area contributed by atoms with Crippen molar-refractivity contribution in [3.8, 4) is 11.1 Å². The molecule has 0 spiro atoms. The van der Waals surface area contributed by atoms with Crippen molar-refractivity contribution < 1.29 is 25.9 Å². The van der Waals surface area contributed by atoms with Crippen molar-refractivity contribution in [3.63, 3.8) is 0 Å². The minimum absolute atomic E-state index is 0.236. The maximum atomic E-state index is 10.9. The Kier molecular flexibility index (Phi) is 3.65. The molecular weight excluding hydrogens is 304 g/mol. The Hall–Kier alpha value is -1.74. The van der Waals surface area contributed by atoms with Gasteiger partial charge in [-0.1, -0.05) is 24.3 Å². The summed E-state index contributed by atoms with van der Waals surface area (Å²) in [4.78, 5) is -0.573. The van der Waals surface area contributed by atoms with Gasteiger partial charge in [-0.25, -0.2) is 8.42 Å². The van der Waals surface area contributed by atoms with Crippen molar-refractivity contribution in [2.24, 2.45) is 0 Å². The van der Waals surface area contributed by atoms with Crippen LogP contribution in [-0.2, 0) is 20.2 Å². The van der Waals surface area contributed by atoms with E-state index in [0.717, 1.165) is 0 Å². The van der Waals surface area contributed by atoms with E-state index < -0.39 is 20.2 Å². The first-order chi connectivity index (χ1) is 9.18. The minimum atomic E-state index is -4.49. The lowest BCUT2D eigenvalue weighted by atomic mass is 10.1. The first-order valence-electron chi connectivity index (χ1n) is 5.32. The van der Waals surface area contributed by atoms with Gasteiger partial charge in [0.2, 0.25) is 0 Å². The molecule has 6 nitrogen and oxygen atoms in total. The number of hydrogen-bond acceptors (Lipinski definition) is 5. The fourth-order valence-corrected chi connectivity index (χ4v) is 2.58. The molecule has 0 unspecified atom stereocenters. The quantitative estimate of drug-likeness (QED) is 0.859. The van der Waals surface area contributed by atoms with Crippen LogP contribution in [0.2, 0.25) is 0 Å². The van der Waals surface area contributed by atoms with Crippen molar-refractivity contribution in [3.05, 3.63) is 48.5 Å². The van der Waals surface area contributed by atoms with E-state index in [1.807, 2.05) is 0 Å². The normalized spacial score (nSPS) is 12.3. The third kappa shape index (κ3) is 3.23. The van der Waals surface area contributed by atoms with Gasteiger partial charge in [-0.15, -0.1) is 0 Å². The van der Waals surface area contributed by atoms with E-state index in [1.165, 1.54) is 48.5 Å². The summed E-state index contributed by atoms with van der Waals surface area (Å²) >= 11 is 0. The van der Waals surface area contributed by atoms with Crippen LogP contribution in [0.15, 0.2) is 58.3 Å². The molecule has 2 aromatic carbocycles. The molecule has 0 saturated carbocycles. The zero-order valence-electron chi connectivity index (χ0n) is 9.92. The first-order valence-corrected chi connectivity index (χ1v) is 8.17. The molecule has 20 heavy (non-hydrogen) atoms. The van der Waals surface area contributed by atoms with E-state index in [-0.39, 0.29) is 9.79 Å². The number of rotatable bonds is 3. The number of benzene rings is 2. The zero-order valence-corrected chi connectivity index (χ0v) is 11.6. The van der Waals surface area contributed by atoms with Crippen LogP contribution in [-0.4, -0.2) is 25.9 Å². The fourth-order valence-electron chi connectivity index (χ4n) is 1.63. The van der Waals surface area contributed by atoms with Gasteiger partial charge in [-0.3, -0.25) is 4.55 Å². The van der Waals surface area contributed by atoms with E-state index >= 15 is 0 Å². The molecule has 0 saturated heterocycles. The van der Waals surface area contributed by atoms with Crippen molar-refractivity contribution in [2.75, 3.05) is 0 Å². The topological polar surface area (TPSA) is 112 Å². The van der Waals surface area contributed by atoms with Gasteiger partial charge in [-0.2, -0.15) is 8.42 Å². The number of hydrogen-bond donors (Lipinski definition) is 1. The molecule has 0 aromatic heterocycles. The van der Waals surface area contributed by atoms with E-state index in [0.29, 0.717) is 11.1 Å². The lowest BCUT2D eigenvalue weighted by Gasteiger charge is -2.08. The predicted octanol–water partition coefficient (Wildman–Crippen LogP) is 1.50. The van der Waals surface area contributed by atoms with Crippen LogP contribution >= 0.6 is 0 Å². The van der Waals surface area contributed by atoms with Crippen molar-refractivity contribution in [2.45, 2.75) is 9.79 Å². The molecule has 0 amide bonds. The Balaban J connectivity index is 2.38. The Morgan fingerprint density at radius 2 is 1.05 bits per heavy atom. The highest BCUT2D eigenvalue weighted by atomic mass is 32.2. The fraction of sp³-hybridized carbons (Fsp3) is 0. The molecule has 8 heteroatoms. The standard InChI is InChI=1S/C12H10O6S2/c13-19(14,15)11-5-1-9(2-6-11)10-3-7-12(8-4-10)20(16,17)18/h1-8H,(H,13,14,15)(H,16,17,18)/p-1. The summed E-state index contributed by atoms with van der Waals surface area (Å²) in [5.41, 5.74) is 1.23. The van der Waals surface area contributed by atoms with E-state index in [1.54, 1.807) is 0 Å². The molecule has 1 N–H and O–H groups in total. The third-order valence-electron chi connectivity index (χ3n) is 2.63. The third-order valence-corrected chi connectivity index (χ3v) is 4.35. The molecular formula is C12H9O6S2-. The van der Waals surface area contributed by atoms with Gasteiger partial charge >= 0.3 is 0 Å². The minimum Gasteiger partial charge on any atom is -0.744 e. The lowest BCUT2D eigenvalue weighted by Crippen LogP contribution is -1.98. The summed E-state index contributed by atoms with van der Waals surface area (Å²) < 4.78 is 63.0. The van der Waals surface area contributed by atoms with Gasteiger partial charge in [0.25, 0.3) is 10.1 Å². The van der Waals surface area contributed by atoms with E-state index in [9.17, 15) is 21.4 Å². The van der Waals surface area contributed by atoms with Gasteiger partial charge in [-0.05, 0) is 35.4 Å². The average Bonchev–Trinajstić information content (AvgIpc) is 2.37. The van der Waals surface area contributed by atoms with Crippen LogP contribution in [0.3, 0.4) is 0 Å². The van der Waals surface area contributed by atoms with Crippen LogP contribution in [0.5, 0.6) is 0 Å². The van der Waals surface area contributed by atoms with Gasteiger partial charge in [0.05, 0.1) is 9.79 Å². The Morgan fingerprint density at radius 1 is 0.700 bits per heavy atom. The lowest BCUT2D eigenvalue weighted by molar-refractivity contribution is 0.463. The highest BCUT2D eigenvalue weighted by molar-refractivity contribution is 7.86. The summed E-state index contributed by atoms with van der Waals surface area (Å²) in [5, 5.41) is 0. The smallest absolute Gasteiger partial charge is 0.294 e. The summed E-state index contributed by atoms with van der Waals surface area (Å²) in [6.45, 7) is 0. The molecule has 0 radical (unpaired) electrons. The van der Waals surface area contributed by atoms with Crippen LogP contribution in [0.1, 0.15) is 0 Å². The molecule has 0 aliphatic heterocycles. The molecule has 0 bridgehead atoms. The summed E-state index contributed by atoms with van der Waals surface area (Å²) in [6.07, 6.45) is 0. The molecule has 0 aliphatic rings. The maximum Gasteiger partial charge on any atom is 0.294 e. The van der Waals surface area contributed by atoms with Crippen LogP contribution < -0.4 is 0 Å². The molecule has 106 valence electrons. The molecule has 0 aliphatic carbocycles. The van der Waals surface area contributed by atoms with Crippen LogP contribution in [0.25, 0.3) is 11.1 Å². The Morgan fingerprint density at radius 3 is 1.35 bits per heavy atom. The molecule has 2 rings (SSSR count). The summed E-state index contributed by atoms with van der Waals surface area (Å²) in [6, 6.07) is 10.6. The molecule has 0 atom stereocenters. The van der Waals surface area contributed by atoms with Crippen LogP contribution in [0.4, 0.5) is 0 Å². The molecule has 2 aromatic rings. The molecule has 0 fully saturated rings. The SMILES string of the molecule is O=S(=O)([O-])c1ccc(-c2ccc(S(=O)(=O)O)cc2)cc1. The second-order valence-electron chi connectivity index (χ2n) is 3.98. The molecule has 0 heterocycles. The highest BCUT2D eigenvalue weighted by Gasteiger charge is 2.09. The summed E-state index contributed by atoms with van der Waals surface area (Å²) in [7, 11) is -8.74. The first kappa shape index (κ1) is 14.7. The van der Waals surface area contributed by atoms with E-state index in [4.69, 9.17) is 4.55 Å². The second-order valence-corrected chi connectivity index (χ2v) is 6.78. The van der Waals surface area contributed by atoms with Gasteiger partial charge in [0.15, 0.2) is 0 Å². The summed E-state index contributed by atoms with van der Waals surface area (Å²) in [5.74, 6) is 0. The second kappa shape index (κ2) is 4.98. The van der Waals surface area contributed by atoms with Gasteiger partial charge < -0.3 is 4.55 Å². The predicted molar refractivity (Wildman–Crippen MR) is 69.7 cm³/mol. The Labute approximate surface area is 116 Å². The average molecular weight is 313 g/mol. The monoisotopic (exact) mass is 313 g/mol. The maximum absolute atomic E-state index is 10.9. The van der Waals surface area contributed by atoms with Crippen molar-refractivity contribution >= 4 is 20.2 Å².